The maximum absolute atomic E-state index is 10.3. The number of unbranched alkanes of at least 4 members (excludes halogenated alkanes) is 1. The number of rotatable bonds is 4. The first-order chi connectivity index (χ1) is 5.89. The number of halogens is 1. The Hall–Kier alpha value is -0.450. The lowest BCUT2D eigenvalue weighted by atomic mass is 10.1. The molecule has 0 radical (unpaired) electrons. The van der Waals surface area contributed by atoms with Gasteiger partial charge in [0.25, 0.3) is 0 Å². The lowest BCUT2D eigenvalue weighted by Crippen LogP contribution is -2.18. The normalized spacial score (nSPS) is 16.8. The Morgan fingerprint density at radius 1 is 1.69 bits per heavy atom. The van der Waals surface area contributed by atoms with Gasteiger partial charge in [-0.05, 0) is 34.2 Å². The molecule has 0 aromatic carbocycles. The summed E-state index contributed by atoms with van der Waals surface area (Å²) in [4.78, 5) is 13.8. The number of alkyl halides is 1. The fourth-order valence-electron chi connectivity index (χ4n) is 0.934. The summed E-state index contributed by atoms with van der Waals surface area (Å²) in [6, 6.07) is 0. The van der Waals surface area contributed by atoms with Crippen molar-refractivity contribution in [3.05, 3.63) is 10.1 Å². The largest absolute Gasteiger partial charge is 0.358 e. The third-order valence-electron chi connectivity index (χ3n) is 1.65. The molecule has 0 saturated heterocycles. The van der Waals surface area contributed by atoms with Crippen molar-refractivity contribution in [3.8, 4) is 0 Å². The third-order valence-corrected chi connectivity index (χ3v) is 2.22. The molecule has 0 saturated carbocycles. The maximum Gasteiger partial charge on any atom is 0.331 e. The first-order valence-electron chi connectivity index (χ1n) is 4.29. The molecule has 0 heterocycles. The van der Waals surface area contributed by atoms with Crippen LogP contribution in [0.2, 0.25) is 0 Å². The SMILES string of the molecule is CCCCC(C)(Br)N=C(C)[N+](=O)[O-]. The van der Waals surface area contributed by atoms with E-state index >= 15 is 0 Å². The van der Waals surface area contributed by atoms with Crippen molar-refractivity contribution < 1.29 is 4.92 Å². The van der Waals surface area contributed by atoms with Crippen LogP contribution in [0.25, 0.3) is 0 Å². The smallest absolute Gasteiger partial charge is 0.331 e. The highest BCUT2D eigenvalue weighted by atomic mass is 79.9. The van der Waals surface area contributed by atoms with E-state index in [2.05, 4.69) is 27.8 Å². The zero-order valence-electron chi connectivity index (χ0n) is 8.21. The minimum atomic E-state index is -0.486. The summed E-state index contributed by atoms with van der Waals surface area (Å²) in [5.41, 5.74) is 0. The summed E-state index contributed by atoms with van der Waals surface area (Å²) in [5, 5.41) is 10.3. The van der Waals surface area contributed by atoms with Gasteiger partial charge in [0.05, 0.1) is 0 Å². The monoisotopic (exact) mass is 250 g/mol. The van der Waals surface area contributed by atoms with Gasteiger partial charge in [-0.1, -0.05) is 18.3 Å². The van der Waals surface area contributed by atoms with Gasteiger partial charge in [0, 0.05) is 13.3 Å². The summed E-state index contributed by atoms with van der Waals surface area (Å²) < 4.78 is -0.486. The molecule has 0 aliphatic carbocycles. The van der Waals surface area contributed by atoms with E-state index in [-0.39, 0.29) is 5.84 Å². The van der Waals surface area contributed by atoms with E-state index in [1.807, 2.05) is 6.92 Å². The first kappa shape index (κ1) is 12.6. The summed E-state index contributed by atoms with van der Waals surface area (Å²) in [7, 11) is 0. The molecule has 0 fully saturated rings. The predicted molar refractivity (Wildman–Crippen MR) is 57.0 cm³/mol. The van der Waals surface area contributed by atoms with Crippen LogP contribution in [0.1, 0.15) is 40.0 Å². The molecule has 1 atom stereocenters. The van der Waals surface area contributed by atoms with Crippen LogP contribution in [0.5, 0.6) is 0 Å². The van der Waals surface area contributed by atoms with Crippen LogP contribution in [-0.4, -0.2) is 15.2 Å². The van der Waals surface area contributed by atoms with Gasteiger partial charge in [-0.15, -0.1) is 0 Å². The second-order valence-corrected chi connectivity index (χ2v) is 4.87. The zero-order chi connectivity index (χ0) is 10.5. The number of nitro groups is 1. The van der Waals surface area contributed by atoms with Crippen molar-refractivity contribution >= 4 is 21.8 Å². The minimum absolute atomic E-state index is 0.0459. The zero-order valence-corrected chi connectivity index (χ0v) is 9.80. The van der Waals surface area contributed by atoms with Gasteiger partial charge < -0.3 is 10.1 Å². The average molecular weight is 251 g/mol. The molecule has 76 valence electrons. The number of nitrogens with zero attached hydrogens (tertiary/aromatic N) is 2. The molecule has 0 N–H and O–H groups in total. The molecular formula is C8H15BrN2O2. The number of hydrogen-bond donors (Lipinski definition) is 0. The Labute approximate surface area is 86.7 Å². The van der Waals surface area contributed by atoms with Gasteiger partial charge in [0.15, 0.2) is 0 Å². The summed E-state index contributed by atoms with van der Waals surface area (Å²) in [6.07, 6.45) is 2.89. The van der Waals surface area contributed by atoms with Crippen LogP contribution in [0.3, 0.4) is 0 Å². The molecule has 5 heteroatoms. The molecule has 0 amide bonds. The van der Waals surface area contributed by atoms with Crippen LogP contribution < -0.4 is 0 Å². The van der Waals surface area contributed by atoms with Gasteiger partial charge >= 0.3 is 5.84 Å². The minimum Gasteiger partial charge on any atom is -0.358 e. The van der Waals surface area contributed by atoms with E-state index in [1.165, 1.54) is 6.92 Å². The second-order valence-electron chi connectivity index (χ2n) is 3.16. The van der Waals surface area contributed by atoms with E-state index in [0.29, 0.717) is 0 Å². The van der Waals surface area contributed by atoms with E-state index in [9.17, 15) is 10.1 Å². The molecule has 13 heavy (non-hydrogen) atoms. The first-order valence-corrected chi connectivity index (χ1v) is 5.08. The molecule has 0 spiro atoms. The summed E-state index contributed by atoms with van der Waals surface area (Å²) in [5.74, 6) is -0.0459. The maximum atomic E-state index is 10.3. The second kappa shape index (κ2) is 5.32. The van der Waals surface area contributed by atoms with Crippen molar-refractivity contribution in [2.75, 3.05) is 0 Å². The standard InChI is InChI=1S/C8H15BrN2O2/c1-4-5-6-8(3,9)10-7(2)11(12)13/h4-6H2,1-3H3. The summed E-state index contributed by atoms with van der Waals surface area (Å²) in [6.45, 7) is 5.33. The van der Waals surface area contributed by atoms with E-state index in [4.69, 9.17) is 0 Å². The Balaban J connectivity index is 4.29. The highest BCUT2D eigenvalue weighted by Crippen LogP contribution is 2.26. The lowest BCUT2D eigenvalue weighted by Gasteiger charge is -2.10. The molecular weight excluding hydrogens is 236 g/mol. The molecule has 4 nitrogen and oxygen atoms in total. The van der Waals surface area contributed by atoms with Crippen molar-refractivity contribution in [3.63, 3.8) is 0 Å². The van der Waals surface area contributed by atoms with E-state index < -0.39 is 9.37 Å². The average Bonchev–Trinajstić information content (AvgIpc) is 2.00. The molecule has 0 aliphatic heterocycles. The summed E-state index contributed by atoms with van der Waals surface area (Å²) >= 11 is 3.36. The highest BCUT2D eigenvalue weighted by molar-refractivity contribution is 9.10. The van der Waals surface area contributed by atoms with Crippen LogP contribution >= 0.6 is 15.9 Å². The highest BCUT2D eigenvalue weighted by Gasteiger charge is 2.26. The number of aliphatic imine (C=N–C) groups is 1. The molecule has 0 rings (SSSR count). The quantitative estimate of drug-likeness (QED) is 0.192. The third kappa shape index (κ3) is 5.74. The van der Waals surface area contributed by atoms with Crippen LogP contribution in [0.15, 0.2) is 4.99 Å². The van der Waals surface area contributed by atoms with Crippen LogP contribution in [0, 0.1) is 10.1 Å². The Bertz CT molecular complexity index is 214. The molecule has 0 aromatic rings. The van der Waals surface area contributed by atoms with Gasteiger partial charge in [-0.2, -0.15) is 0 Å². The van der Waals surface area contributed by atoms with Gasteiger partial charge in [0.1, 0.15) is 0 Å². The molecule has 1 unspecified atom stereocenters. The van der Waals surface area contributed by atoms with Gasteiger partial charge in [-0.25, -0.2) is 0 Å². The van der Waals surface area contributed by atoms with Crippen molar-refractivity contribution in [2.24, 2.45) is 4.99 Å². The lowest BCUT2D eigenvalue weighted by molar-refractivity contribution is -0.351. The van der Waals surface area contributed by atoms with Crippen LogP contribution in [0.4, 0.5) is 0 Å². The fraction of sp³-hybridized carbons (Fsp3) is 0.875. The van der Waals surface area contributed by atoms with Crippen LogP contribution in [-0.2, 0) is 0 Å². The Morgan fingerprint density at radius 2 is 2.23 bits per heavy atom. The van der Waals surface area contributed by atoms with Crippen molar-refractivity contribution in [1.29, 1.82) is 0 Å². The van der Waals surface area contributed by atoms with E-state index in [0.717, 1.165) is 19.3 Å². The predicted octanol–water partition coefficient (Wildman–Crippen LogP) is 2.98. The van der Waals surface area contributed by atoms with Gasteiger partial charge in [0.2, 0.25) is 4.45 Å². The van der Waals surface area contributed by atoms with E-state index in [1.54, 1.807) is 0 Å². The molecule has 0 aliphatic rings. The molecule has 0 aromatic heterocycles. The Kier molecular flexibility index (Phi) is 5.13. The van der Waals surface area contributed by atoms with Gasteiger partial charge in [-0.3, -0.25) is 0 Å². The van der Waals surface area contributed by atoms with Crippen molar-refractivity contribution in [2.45, 2.75) is 44.5 Å². The fourth-order valence-corrected chi connectivity index (χ4v) is 1.47. The van der Waals surface area contributed by atoms with Crippen molar-refractivity contribution in [1.82, 2.24) is 0 Å². The Morgan fingerprint density at radius 3 is 2.62 bits per heavy atom. The topological polar surface area (TPSA) is 55.5 Å². The number of amidine groups is 1. The number of hydrogen-bond acceptors (Lipinski definition) is 3. The molecule has 0 bridgehead atoms.